The number of hydrogen-bond donors (Lipinski definition) is 0. The summed E-state index contributed by atoms with van der Waals surface area (Å²) < 4.78 is 14.5. The van der Waals surface area contributed by atoms with Gasteiger partial charge in [-0.1, -0.05) is 24.6 Å². The lowest BCUT2D eigenvalue weighted by Crippen LogP contribution is -2.10. The summed E-state index contributed by atoms with van der Waals surface area (Å²) >= 11 is 9.02. The SMILES string of the molecule is CC1C(=O)CCC1c1ccc(Br)c(Cl)c1F. The molecule has 0 amide bonds. The number of halogens is 3. The Bertz CT molecular complexity index is 447. The van der Waals surface area contributed by atoms with E-state index in [1.807, 2.05) is 6.92 Å². The normalized spacial score (nSPS) is 25.1. The van der Waals surface area contributed by atoms with E-state index >= 15 is 0 Å². The van der Waals surface area contributed by atoms with E-state index in [-0.39, 0.29) is 22.6 Å². The maximum atomic E-state index is 13.9. The van der Waals surface area contributed by atoms with Gasteiger partial charge in [0.2, 0.25) is 0 Å². The predicted octanol–water partition coefficient (Wildman–Crippen LogP) is 4.32. The zero-order chi connectivity index (χ0) is 11.9. The maximum absolute atomic E-state index is 13.9. The monoisotopic (exact) mass is 304 g/mol. The summed E-state index contributed by atoms with van der Waals surface area (Å²) in [5.74, 6) is -0.323. The summed E-state index contributed by atoms with van der Waals surface area (Å²) in [7, 11) is 0. The van der Waals surface area contributed by atoms with Crippen molar-refractivity contribution in [3.63, 3.8) is 0 Å². The van der Waals surface area contributed by atoms with Crippen LogP contribution in [-0.2, 0) is 4.79 Å². The van der Waals surface area contributed by atoms with Crippen LogP contribution in [0.5, 0.6) is 0 Å². The topological polar surface area (TPSA) is 17.1 Å². The summed E-state index contributed by atoms with van der Waals surface area (Å²) in [5, 5.41) is 0.101. The third kappa shape index (κ3) is 1.91. The van der Waals surface area contributed by atoms with Crippen LogP contribution in [0.2, 0.25) is 5.02 Å². The van der Waals surface area contributed by atoms with Crippen LogP contribution in [0.1, 0.15) is 31.2 Å². The van der Waals surface area contributed by atoms with Gasteiger partial charge >= 0.3 is 0 Å². The highest BCUT2D eigenvalue weighted by Gasteiger charge is 2.34. The van der Waals surface area contributed by atoms with Crippen molar-refractivity contribution in [2.45, 2.75) is 25.7 Å². The first-order valence-electron chi connectivity index (χ1n) is 5.18. The zero-order valence-corrected chi connectivity index (χ0v) is 11.1. The number of hydrogen-bond acceptors (Lipinski definition) is 1. The van der Waals surface area contributed by atoms with Crippen molar-refractivity contribution >= 4 is 33.3 Å². The fourth-order valence-electron chi connectivity index (χ4n) is 2.25. The highest BCUT2D eigenvalue weighted by Crippen LogP contribution is 2.40. The fraction of sp³-hybridized carbons (Fsp3) is 0.417. The minimum atomic E-state index is -0.400. The van der Waals surface area contributed by atoms with Crippen LogP contribution in [0.3, 0.4) is 0 Å². The third-order valence-corrected chi connectivity index (χ3v) is 4.54. The zero-order valence-electron chi connectivity index (χ0n) is 8.77. The molecule has 1 saturated carbocycles. The molecule has 0 saturated heterocycles. The minimum absolute atomic E-state index is 0.0295. The summed E-state index contributed by atoms with van der Waals surface area (Å²) in [4.78, 5) is 11.5. The molecule has 2 unspecified atom stereocenters. The molecule has 86 valence electrons. The van der Waals surface area contributed by atoms with Gasteiger partial charge < -0.3 is 0 Å². The molecule has 16 heavy (non-hydrogen) atoms. The van der Waals surface area contributed by atoms with E-state index in [1.54, 1.807) is 12.1 Å². The Morgan fingerprint density at radius 3 is 2.75 bits per heavy atom. The van der Waals surface area contributed by atoms with Crippen molar-refractivity contribution in [1.29, 1.82) is 0 Å². The van der Waals surface area contributed by atoms with E-state index in [4.69, 9.17) is 11.6 Å². The van der Waals surface area contributed by atoms with Gasteiger partial charge in [0, 0.05) is 16.8 Å². The molecule has 1 fully saturated rings. The highest BCUT2D eigenvalue weighted by atomic mass is 79.9. The van der Waals surface area contributed by atoms with Crippen molar-refractivity contribution < 1.29 is 9.18 Å². The largest absolute Gasteiger partial charge is 0.299 e. The van der Waals surface area contributed by atoms with Crippen LogP contribution in [-0.4, -0.2) is 5.78 Å². The van der Waals surface area contributed by atoms with Gasteiger partial charge in [0.25, 0.3) is 0 Å². The second kappa shape index (κ2) is 4.46. The molecule has 1 aromatic rings. The number of ketones is 1. The molecular formula is C12H11BrClFO. The van der Waals surface area contributed by atoms with Crippen LogP contribution < -0.4 is 0 Å². The highest BCUT2D eigenvalue weighted by molar-refractivity contribution is 9.10. The number of Topliss-reactive ketones (excluding diaryl/α,β-unsaturated/α-hetero) is 1. The summed E-state index contributed by atoms with van der Waals surface area (Å²) in [6, 6.07) is 3.45. The Hall–Kier alpha value is -0.410. The van der Waals surface area contributed by atoms with E-state index in [2.05, 4.69) is 15.9 Å². The minimum Gasteiger partial charge on any atom is -0.299 e. The lowest BCUT2D eigenvalue weighted by atomic mass is 9.89. The molecule has 1 nitrogen and oxygen atoms in total. The van der Waals surface area contributed by atoms with Crippen LogP contribution in [0.15, 0.2) is 16.6 Å². The lowest BCUT2D eigenvalue weighted by molar-refractivity contribution is -0.120. The van der Waals surface area contributed by atoms with Crippen LogP contribution in [0.25, 0.3) is 0 Å². The van der Waals surface area contributed by atoms with Gasteiger partial charge in [-0.05, 0) is 39.9 Å². The van der Waals surface area contributed by atoms with Crippen molar-refractivity contribution in [2.24, 2.45) is 5.92 Å². The molecule has 0 bridgehead atoms. The quantitative estimate of drug-likeness (QED) is 0.706. The lowest BCUT2D eigenvalue weighted by Gasteiger charge is -2.16. The molecule has 0 heterocycles. The van der Waals surface area contributed by atoms with Crippen LogP contribution in [0, 0.1) is 11.7 Å². The van der Waals surface area contributed by atoms with Crippen molar-refractivity contribution in [1.82, 2.24) is 0 Å². The molecule has 0 aromatic heterocycles. The molecule has 1 aliphatic carbocycles. The summed E-state index contributed by atoms with van der Waals surface area (Å²) in [6.45, 7) is 1.86. The van der Waals surface area contributed by atoms with E-state index in [0.29, 0.717) is 16.5 Å². The molecule has 2 rings (SSSR count). The van der Waals surface area contributed by atoms with Gasteiger partial charge in [0.05, 0.1) is 5.02 Å². The maximum Gasteiger partial charge on any atom is 0.146 e. The van der Waals surface area contributed by atoms with Crippen molar-refractivity contribution in [2.75, 3.05) is 0 Å². The predicted molar refractivity (Wildman–Crippen MR) is 65.3 cm³/mol. The summed E-state index contributed by atoms with van der Waals surface area (Å²) in [5.41, 5.74) is 0.562. The smallest absolute Gasteiger partial charge is 0.146 e. The third-order valence-electron chi connectivity index (χ3n) is 3.28. The molecule has 4 heteroatoms. The molecule has 0 N–H and O–H groups in total. The first kappa shape index (κ1) is 12.1. The first-order chi connectivity index (χ1) is 7.52. The Morgan fingerprint density at radius 2 is 2.19 bits per heavy atom. The number of carbonyl (C=O) groups is 1. The molecule has 1 aliphatic rings. The van der Waals surface area contributed by atoms with Crippen molar-refractivity contribution in [3.8, 4) is 0 Å². The van der Waals surface area contributed by atoms with Gasteiger partial charge in [-0.25, -0.2) is 4.39 Å². The van der Waals surface area contributed by atoms with Gasteiger partial charge in [0.15, 0.2) is 0 Å². The molecular weight excluding hydrogens is 294 g/mol. The van der Waals surface area contributed by atoms with Crippen LogP contribution in [0.4, 0.5) is 4.39 Å². The fourth-order valence-corrected chi connectivity index (χ4v) is 2.73. The average Bonchev–Trinajstić information content (AvgIpc) is 2.58. The molecule has 0 aliphatic heterocycles. The van der Waals surface area contributed by atoms with Crippen molar-refractivity contribution in [3.05, 3.63) is 33.0 Å². The van der Waals surface area contributed by atoms with E-state index in [1.165, 1.54) is 0 Å². The van der Waals surface area contributed by atoms with E-state index < -0.39 is 5.82 Å². The second-order valence-electron chi connectivity index (χ2n) is 4.16. The number of rotatable bonds is 1. The van der Waals surface area contributed by atoms with Gasteiger partial charge in [-0.3, -0.25) is 4.79 Å². The van der Waals surface area contributed by atoms with E-state index in [0.717, 1.165) is 6.42 Å². The first-order valence-corrected chi connectivity index (χ1v) is 6.35. The Balaban J connectivity index is 2.42. The Kier molecular flexibility index (Phi) is 3.36. The standard InChI is InChI=1S/C12H11BrClFO/c1-6-7(3-5-10(6)16)8-2-4-9(13)11(14)12(8)15/h2,4,6-7H,3,5H2,1H3. The summed E-state index contributed by atoms with van der Waals surface area (Å²) in [6.07, 6.45) is 1.26. The Labute approximate surface area is 107 Å². The van der Waals surface area contributed by atoms with Crippen LogP contribution >= 0.6 is 27.5 Å². The average molecular weight is 306 g/mol. The molecule has 0 radical (unpaired) electrons. The number of benzene rings is 1. The Morgan fingerprint density at radius 1 is 1.50 bits per heavy atom. The number of carbonyl (C=O) groups excluding carboxylic acids is 1. The molecule has 1 aromatic carbocycles. The van der Waals surface area contributed by atoms with Gasteiger partial charge in [-0.2, -0.15) is 0 Å². The second-order valence-corrected chi connectivity index (χ2v) is 5.40. The van der Waals surface area contributed by atoms with Gasteiger partial charge in [0.1, 0.15) is 11.6 Å². The molecule has 2 atom stereocenters. The van der Waals surface area contributed by atoms with E-state index in [9.17, 15) is 9.18 Å². The van der Waals surface area contributed by atoms with Gasteiger partial charge in [-0.15, -0.1) is 0 Å². The molecule has 0 spiro atoms.